The number of aliphatic imine (C=N–C) groups is 1. The molecular formula is C20H24IN3O2. The largest absolute Gasteiger partial charge is 0.497 e. The summed E-state index contributed by atoms with van der Waals surface area (Å²) in [6.45, 7) is 4.00. The van der Waals surface area contributed by atoms with Gasteiger partial charge in [-0.1, -0.05) is 30.3 Å². The number of guanidine groups is 1. The van der Waals surface area contributed by atoms with Crippen LogP contribution in [0.3, 0.4) is 0 Å². The molecular weight excluding hydrogens is 441 g/mol. The molecule has 26 heavy (non-hydrogen) atoms. The molecule has 0 aliphatic rings. The Morgan fingerprint density at radius 1 is 1.08 bits per heavy atom. The second-order valence-corrected chi connectivity index (χ2v) is 5.65. The number of nitrogens with one attached hydrogen (secondary N) is 2. The summed E-state index contributed by atoms with van der Waals surface area (Å²) in [5.74, 6) is 2.48. The summed E-state index contributed by atoms with van der Waals surface area (Å²) in [5.41, 5.74) is 2.00. The first kappa shape index (κ1) is 20.1. The minimum Gasteiger partial charge on any atom is -0.497 e. The highest BCUT2D eigenvalue weighted by atomic mass is 127. The van der Waals surface area contributed by atoms with Crippen LogP contribution in [0.1, 0.15) is 18.2 Å². The van der Waals surface area contributed by atoms with Gasteiger partial charge in [-0.05, 0) is 36.8 Å². The van der Waals surface area contributed by atoms with Crippen LogP contribution in [0, 0.1) is 0 Å². The smallest absolute Gasteiger partial charge is 0.191 e. The lowest BCUT2D eigenvalue weighted by Gasteiger charge is -2.10. The van der Waals surface area contributed by atoms with Crippen molar-refractivity contribution in [2.24, 2.45) is 4.99 Å². The number of hydrogen-bond acceptors (Lipinski definition) is 3. The van der Waals surface area contributed by atoms with E-state index >= 15 is 0 Å². The number of furan rings is 1. The zero-order valence-electron chi connectivity index (χ0n) is 15.0. The molecule has 0 bridgehead atoms. The molecule has 3 rings (SSSR count). The summed E-state index contributed by atoms with van der Waals surface area (Å²) in [6, 6.07) is 18.0. The Morgan fingerprint density at radius 2 is 1.92 bits per heavy atom. The van der Waals surface area contributed by atoms with Crippen molar-refractivity contribution in [3.63, 3.8) is 0 Å². The van der Waals surface area contributed by atoms with Crippen molar-refractivity contribution in [3.8, 4) is 5.75 Å². The monoisotopic (exact) mass is 465 g/mol. The maximum absolute atomic E-state index is 5.83. The van der Waals surface area contributed by atoms with Crippen LogP contribution < -0.4 is 15.4 Å². The molecule has 2 N–H and O–H groups in total. The summed E-state index contributed by atoms with van der Waals surface area (Å²) < 4.78 is 11.1. The molecule has 5 nitrogen and oxygen atoms in total. The molecule has 0 saturated carbocycles. The second-order valence-electron chi connectivity index (χ2n) is 5.65. The van der Waals surface area contributed by atoms with Crippen molar-refractivity contribution in [2.45, 2.75) is 20.0 Å². The number of nitrogens with zero attached hydrogens (tertiary/aromatic N) is 1. The van der Waals surface area contributed by atoms with Crippen LogP contribution in [0.5, 0.6) is 5.75 Å². The molecule has 0 spiro atoms. The number of methoxy groups -OCH3 is 1. The Labute approximate surface area is 170 Å². The Kier molecular flexibility index (Phi) is 7.77. The Hall–Kier alpha value is -2.22. The molecule has 1 aromatic heterocycles. The van der Waals surface area contributed by atoms with Crippen molar-refractivity contribution >= 4 is 40.9 Å². The third-order valence-electron chi connectivity index (χ3n) is 3.80. The van der Waals surface area contributed by atoms with Crippen LogP contribution >= 0.6 is 24.0 Å². The van der Waals surface area contributed by atoms with Gasteiger partial charge in [0.1, 0.15) is 17.1 Å². The molecule has 0 aliphatic carbocycles. The molecule has 1 heterocycles. The van der Waals surface area contributed by atoms with Gasteiger partial charge in [0, 0.05) is 11.9 Å². The summed E-state index contributed by atoms with van der Waals surface area (Å²) in [7, 11) is 1.67. The molecule has 0 unspecified atom stereocenters. The van der Waals surface area contributed by atoms with E-state index in [4.69, 9.17) is 9.15 Å². The standard InChI is InChI=1S/C20H23N3O2.HI/c1-3-21-20(22-13-15-7-6-9-17(11-15)24-2)23-14-18-12-16-8-4-5-10-19(16)25-18;/h4-12H,3,13-14H2,1-2H3,(H2,21,22,23);1H. The van der Waals surface area contributed by atoms with Crippen LogP contribution in [0.4, 0.5) is 0 Å². The average molecular weight is 465 g/mol. The minimum atomic E-state index is 0. The maximum Gasteiger partial charge on any atom is 0.191 e. The van der Waals surface area contributed by atoms with Crippen molar-refractivity contribution in [3.05, 3.63) is 65.9 Å². The van der Waals surface area contributed by atoms with Crippen LogP contribution in [0.25, 0.3) is 11.0 Å². The van der Waals surface area contributed by atoms with Gasteiger partial charge in [0.05, 0.1) is 20.2 Å². The van der Waals surface area contributed by atoms with E-state index < -0.39 is 0 Å². The van der Waals surface area contributed by atoms with Gasteiger partial charge in [-0.15, -0.1) is 24.0 Å². The van der Waals surface area contributed by atoms with Crippen LogP contribution in [0.2, 0.25) is 0 Å². The quantitative estimate of drug-likeness (QED) is 0.324. The van der Waals surface area contributed by atoms with Gasteiger partial charge >= 0.3 is 0 Å². The molecule has 0 radical (unpaired) electrons. The molecule has 0 aliphatic heterocycles. The SMILES string of the molecule is CCNC(=NCc1cccc(OC)c1)NCc1cc2ccccc2o1.I. The van der Waals surface area contributed by atoms with Crippen molar-refractivity contribution in [2.75, 3.05) is 13.7 Å². The predicted octanol–water partition coefficient (Wildman–Crippen LogP) is 4.31. The zero-order chi connectivity index (χ0) is 17.5. The van der Waals surface area contributed by atoms with Gasteiger partial charge in [-0.2, -0.15) is 0 Å². The first-order valence-electron chi connectivity index (χ1n) is 8.41. The van der Waals surface area contributed by atoms with E-state index in [1.807, 2.05) is 61.5 Å². The number of fused-ring (bicyclic) bond motifs is 1. The summed E-state index contributed by atoms with van der Waals surface area (Å²) in [6.07, 6.45) is 0. The number of benzene rings is 2. The second kappa shape index (κ2) is 10.1. The molecule has 138 valence electrons. The lowest BCUT2D eigenvalue weighted by atomic mass is 10.2. The fourth-order valence-electron chi connectivity index (χ4n) is 2.58. The highest BCUT2D eigenvalue weighted by Crippen LogP contribution is 2.18. The molecule has 0 saturated heterocycles. The summed E-state index contributed by atoms with van der Waals surface area (Å²) in [5, 5.41) is 7.67. The van der Waals surface area contributed by atoms with Crippen LogP contribution in [0.15, 0.2) is 64.0 Å². The molecule has 0 amide bonds. The molecule has 2 aromatic carbocycles. The van der Waals surface area contributed by atoms with Crippen LogP contribution in [-0.4, -0.2) is 19.6 Å². The van der Waals surface area contributed by atoms with Crippen LogP contribution in [-0.2, 0) is 13.1 Å². The number of para-hydroxylation sites is 1. The minimum absolute atomic E-state index is 0. The number of rotatable bonds is 6. The summed E-state index contributed by atoms with van der Waals surface area (Å²) >= 11 is 0. The number of halogens is 1. The van der Waals surface area contributed by atoms with Gasteiger partial charge in [0.25, 0.3) is 0 Å². The van der Waals surface area contributed by atoms with E-state index in [2.05, 4.69) is 15.6 Å². The van der Waals surface area contributed by atoms with Gasteiger partial charge < -0.3 is 19.8 Å². The molecule has 3 aromatic rings. The number of ether oxygens (including phenoxy) is 1. The maximum atomic E-state index is 5.83. The highest BCUT2D eigenvalue weighted by Gasteiger charge is 2.04. The third kappa shape index (κ3) is 5.39. The fraction of sp³-hybridized carbons (Fsp3) is 0.250. The van der Waals surface area contributed by atoms with E-state index in [9.17, 15) is 0 Å². The molecule has 0 fully saturated rings. The first-order chi connectivity index (χ1) is 12.3. The lowest BCUT2D eigenvalue weighted by molar-refractivity contribution is 0.414. The number of hydrogen-bond donors (Lipinski definition) is 2. The van der Waals surface area contributed by atoms with Crippen molar-refractivity contribution in [1.29, 1.82) is 0 Å². The third-order valence-corrected chi connectivity index (χ3v) is 3.80. The fourth-order valence-corrected chi connectivity index (χ4v) is 2.58. The van der Waals surface area contributed by atoms with Gasteiger partial charge in [0.15, 0.2) is 5.96 Å². The molecule has 6 heteroatoms. The van der Waals surface area contributed by atoms with E-state index in [1.165, 1.54) is 0 Å². The van der Waals surface area contributed by atoms with E-state index in [-0.39, 0.29) is 24.0 Å². The van der Waals surface area contributed by atoms with Crippen molar-refractivity contribution in [1.82, 2.24) is 10.6 Å². The first-order valence-corrected chi connectivity index (χ1v) is 8.41. The topological polar surface area (TPSA) is 58.8 Å². The van der Waals surface area contributed by atoms with E-state index in [0.717, 1.165) is 40.5 Å². The van der Waals surface area contributed by atoms with Gasteiger partial charge in [0.2, 0.25) is 0 Å². The Balaban J connectivity index is 0.00000243. The highest BCUT2D eigenvalue weighted by molar-refractivity contribution is 14.0. The van der Waals surface area contributed by atoms with E-state index in [1.54, 1.807) is 7.11 Å². The average Bonchev–Trinajstić information content (AvgIpc) is 3.07. The van der Waals surface area contributed by atoms with Crippen molar-refractivity contribution < 1.29 is 9.15 Å². The summed E-state index contributed by atoms with van der Waals surface area (Å²) in [4.78, 5) is 4.63. The Morgan fingerprint density at radius 3 is 2.69 bits per heavy atom. The normalized spacial score (nSPS) is 11.1. The zero-order valence-corrected chi connectivity index (χ0v) is 17.3. The van der Waals surface area contributed by atoms with Gasteiger partial charge in [-0.3, -0.25) is 0 Å². The molecule has 0 atom stereocenters. The predicted molar refractivity (Wildman–Crippen MR) is 116 cm³/mol. The van der Waals surface area contributed by atoms with E-state index in [0.29, 0.717) is 13.1 Å². The lowest BCUT2D eigenvalue weighted by Crippen LogP contribution is -2.36. The Bertz CT molecular complexity index is 828. The van der Waals surface area contributed by atoms with Gasteiger partial charge in [-0.25, -0.2) is 4.99 Å².